The van der Waals surface area contributed by atoms with E-state index >= 15 is 0 Å². The van der Waals surface area contributed by atoms with Crippen LogP contribution in [0.4, 0.5) is 26.3 Å². The van der Waals surface area contributed by atoms with Gasteiger partial charge in [-0.2, -0.15) is 26.3 Å². The summed E-state index contributed by atoms with van der Waals surface area (Å²) in [5.74, 6) is -6.28. The SMILES string of the molecule is CC[C@H](CO)NC(=O)C(C(F)(F)F)C(F)(F)F. The normalized spacial score (nSPS) is 14.9. The molecule has 0 rings (SSSR count). The summed E-state index contributed by atoms with van der Waals surface area (Å²) in [7, 11) is 0. The number of halogens is 6. The van der Waals surface area contributed by atoms with E-state index in [0.717, 1.165) is 0 Å². The number of aliphatic hydroxyl groups is 1. The standard InChI is InChI=1S/C8H11F6NO2/c1-2-4(3-16)15-6(17)5(7(9,10)11)8(12,13)14/h4-5,16H,2-3H2,1H3,(H,15,17)/t4-/m1/s1. The Bertz CT molecular complexity index is 244. The summed E-state index contributed by atoms with van der Waals surface area (Å²) in [6.45, 7) is 0.669. The molecule has 0 aliphatic carbocycles. The maximum atomic E-state index is 12.1. The zero-order valence-corrected chi connectivity index (χ0v) is 8.69. The molecular weight excluding hydrogens is 256 g/mol. The molecule has 1 atom stereocenters. The van der Waals surface area contributed by atoms with Gasteiger partial charge in [0, 0.05) is 0 Å². The van der Waals surface area contributed by atoms with Crippen molar-refractivity contribution >= 4 is 5.91 Å². The van der Waals surface area contributed by atoms with Crippen LogP contribution in [0.15, 0.2) is 0 Å². The number of aliphatic hydroxyl groups excluding tert-OH is 1. The van der Waals surface area contributed by atoms with Crippen LogP contribution in [0.25, 0.3) is 0 Å². The second-order valence-corrected chi connectivity index (χ2v) is 3.31. The highest BCUT2D eigenvalue weighted by Gasteiger charge is 2.61. The smallest absolute Gasteiger partial charge is 0.394 e. The van der Waals surface area contributed by atoms with Crippen LogP contribution < -0.4 is 5.32 Å². The third kappa shape index (κ3) is 4.80. The third-order valence-corrected chi connectivity index (χ3v) is 1.98. The largest absolute Gasteiger partial charge is 0.409 e. The predicted molar refractivity (Wildman–Crippen MR) is 44.9 cm³/mol. The molecular formula is C8H11F6NO2. The molecule has 0 aromatic rings. The van der Waals surface area contributed by atoms with Crippen LogP contribution in [0.3, 0.4) is 0 Å². The van der Waals surface area contributed by atoms with Crippen molar-refractivity contribution in [2.75, 3.05) is 6.61 Å². The first-order chi connectivity index (χ1) is 7.54. The molecule has 102 valence electrons. The number of alkyl halides is 6. The van der Waals surface area contributed by atoms with Gasteiger partial charge in [-0.15, -0.1) is 0 Å². The van der Waals surface area contributed by atoms with E-state index in [4.69, 9.17) is 5.11 Å². The predicted octanol–water partition coefficient (Wildman–Crippen LogP) is 1.61. The third-order valence-electron chi connectivity index (χ3n) is 1.98. The molecule has 0 fully saturated rings. The molecule has 0 unspecified atom stereocenters. The van der Waals surface area contributed by atoms with Crippen molar-refractivity contribution in [1.82, 2.24) is 5.32 Å². The topological polar surface area (TPSA) is 49.3 Å². The molecule has 3 nitrogen and oxygen atoms in total. The molecule has 0 saturated heterocycles. The molecule has 9 heteroatoms. The van der Waals surface area contributed by atoms with Crippen LogP contribution in [0.1, 0.15) is 13.3 Å². The first-order valence-electron chi connectivity index (χ1n) is 4.58. The Hall–Kier alpha value is -0.990. The van der Waals surface area contributed by atoms with Crippen molar-refractivity contribution < 1.29 is 36.2 Å². The minimum absolute atomic E-state index is 0.0185. The highest BCUT2D eigenvalue weighted by Crippen LogP contribution is 2.39. The van der Waals surface area contributed by atoms with Gasteiger partial charge in [-0.3, -0.25) is 4.79 Å². The van der Waals surface area contributed by atoms with Crippen molar-refractivity contribution in [2.24, 2.45) is 5.92 Å². The van der Waals surface area contributed by atoms with E-state index in [1.54, 1.807) is 0 Å². The average Bonchev–Trinajstić information content (AvgIpc) is 2.09. The number of hydrogen-bond donors (Lipinski definition) is 2. The summed E-state index contributed by atoms with van der Waals surface area (Å²) in [4.78, 5) is 10.9. The Morgan fingerprint density at radius 3 is 1.82 bits per heavy atom. The summed E-state index contributed by atoms with van der Waals surface area (Å²) < 4.78 is 72.5. The van der Waals surface area contributed by atoms with Gasteiger partial charge in [-0.25, -0.2) is 0 Å². The lowest BCUT2D eigenvalue weighted by atomic mass is 10.1. The van der Waals surface area contributed by atoms with Gasteiger partial charge in [0.2, 0.25) is 11.8 Å². The number of carbonyl (C=O) groups excluding carboxylic acids is 1. The second-order valence-electron chi connectivity index (χ2n) is 3.31. The van der Waals surface area contributed by atoms with Gasteiger partial charge in [0.05, 0.1) is 12.6 Å². The van der Waals surface area contributed by atoms with Crippen molar-refractivity contribution in [1.29, 1.82) is 0 Å². The van der Waals surface area contributed by atoms with Crippen LogP contribution in [0, 0.1) is 5.92 Å². The van der Waals surface area contributed by atoms with Gasteiger partial charge in [0.1, 0.15) is 0 Å². The zero-order chi connectivity index (χ0) is 13.9. The van der Waals surface area contributed by atoms with E-state index in [-0.39, 0.29) is 6.42 Å². The summed E-state index contributed by atoms with van der Waals surface area (Å²) in [6.07, 6.45) is -11.4. The van der Waals surface area contributed by atoms with Gasteiger partial charge >= 0.3 is 12.4 Å². The number of carbonyl (C=O) groups is 1. The van der Waals surface area contributed by atoms with E-state index in [1.807, 2.05) is 0 Å². The molecule has 1 amide bonds. The monoisotopic (exact) mass is 267 g/mol. The van der Waals surface area contributed by atoms with Crippen molar-refractivity contribution in [3.05, 3.63) is 0 Å². The molecule has 0 aromatic heterocycles. The Balaban J connectivity index is 4.91. The lowest BCUT2D eigenvalue weighted by Gasteiger charge is -2.24. The molecule has 0 radical (unpaired) electrons. The molecule has 2 N–H and O–H groups in total. The van der Waals surface area contributed by atoms with Gasteiger partial charge in [0.25, 0.3) is 0 Å². The van der Waals surface area contributed by atoms with Crippen LogP contribution in [0.5, 0.6) is 0 Å². The Labute approximate surface area is 92.8 Å². The van der Waals surface area contributed by atoms with Crippen molar-refractivity contribution in [2.45, 2.75) is 31.7 Å². The molecule has 0 heterocycles. The van der Waals surface area contributed by atoms with Crippen molar-refractivity contribution in [3.8, 4) is 0 Å². The molecule has 0 aromatic carbocycles. The highest BCUT2D eigenvalue weighted by molar-refractivity contribution is 5.80. The summed E-state index contributed by atoms with van der Waals surface area (Å²) in [5.41, 5.74) is 0. The first-order valence-corrected chi connectivity index (χ1v) is 4.58. The highest BCUT2D eigenvalue weighted by atomic mass is 19.4. The summed E-state index contributed by atoms with van der Waals surface area (Å²) in [5, 5.41) is 10.1. The maximum Gasteiger partial charge on any atom is 0.409 e. The molecule has 0 spiro atoms. The van der Waals surface area contributed by atoms with Crippen LogP contribution in [0.2, 0.25) is 0 Å². The Morgan fingerprint density at radius 2 is 1.59 bits per heavy atom. The van der Waals surface area contributed by atoms with Crippen molar-refractivity contribution in [3.63, 3.8) is 0 Å². The molecule has 17 heavy (non-hydrogen) atoms. The number of amides is 1. The van der Waals surface area contributed by atoms with E-state index < -0.39 is 36.8 Å². The number of rotatable bonds is 4. The summed E-state index contributed by atoms with van der Waals surface area (Å²) in [6, 6.07) is -1.13. The fourth-order valence-corrected chi connectivity index (χ4v) is 1.04. The minimum Gasteiger partial charge on any atom is -0.394 e. The van der Waals surface area contributed by atoms with E-state index in [2.05, 4.69) is 0 Å². The number of hydrogen-bond acceptors (Lipinski definition) is 2. The van der Waals surface area contributed by atoms with E-state index in [1.165, 1.54) is 12.2 Å². The van der Waals surface area contributed by atoms with Gasteiger partial charge in [-0.05, 0) is 6.42 Å². The summed E-state index contributed by atoms with van der Waals surface area (Å²) >= 11 is 0. The lowest BCUT2D eigenvalue weighted by molar-refractivity contribution is -0.274. The Morgan fingerprint density at radius 1 is 1.18 bits per heavy atom. The molecule has 0 aliphatic rings. The zero-order valence-electron chi connectivity index (χ0n) is 8.69. The minimum atomic E-state index is -5.71. The van der Waals surface area contributed by atoms with E-state index in [9.17, 15) is 31.1 Å². The maximum absolute atomic E-state index is 12.1. The molecule has 0 aliphatic heterocycles. The first kappa shape index (κ1) is 16.0. The molecule has 0 bridgehead atoms. The van der Waals surface area contributed by atoms with Gasteiger partial charge in [0.15, 0.2) is 0 Å². The van der Waals surface area contributed by atoms with Gasteiger partial charge in [-0.1, -0.05) is 6.92 Å². The fraction of sp³-hybridized carbons (Fsp3) is 0.875. The van der Waals surface area contributed by atoms with Gasteiger partial charge < -0.3 is 10.4 Å². The van der Waals surface area contributed by atoms with Crippen LogP contribution in [-0.2, 0) is 4.79 Å². The Kier molecular flexibility index (Phi) is 5.24. The molecule has 0 saturated carbocycles. The lowest BCUT2D eigenvalue weighted by Crippen LogP contribution is -2.51. The average molecular weight is 267 g/mol. The van der Waals surface area contributed by atoms with Crippen LogP contribution in [-0.4, -0.2) is 36.0 Å². The fourth-order valence-electron chi connectivity index (χ4n) is 1.04. The van der Waals surface area contributed by atoms with Crippen LogP contribution >= 0.6 is 0 Å². The van der Waals surface area contributed by atoms with E-state index in [0.29, 0.717) is 0 Å². The second kappa shape index (κ2) is 5.56. The quantitative estimate of drug-likeness (QED) is 0.760. The number of nitrogens with one attached hydrogen (secondary N) is 1.